The van der Waals surface area contributed by atoms with Crippen molar-refractivity contribution in [3.8, 4) is 5.75 Å². The number of hydrogen-bond acceptors (Lipinski definition) is 3. The summed E-state index contributed by atoms with van der Waals surface area (Å²) in [4.78, 5) is 14.4. The molecular formula is C15H22N2O2. The molecule has 0 unspecified atom stereocenters. The van der Waals surface area contributed by atoms with Crippen molar-refractivity contribution in [1.29, 1.82) is 0 Å². The van der Waals surface area contributed by atoms with Gasteiger partial charge in [0, 0.05) is 24.8 Å². The Kier molecular flexibility index (Phi) is 3.69. The summed E-state index contributed by atoms with van der Waals surface area (Å²) < 4.78 is 5.10. The van der Waals surface area contributed by atoms with E-state index in [0.29, 0.717) is 17.0 Å². The van der Waals surface area contributed by atoms with Crippen LogP contribution in [0.15, 0.2) is 18.2 Å². The molecule has 1 aromatic carbocycles. The van der Waals surface area contributed by atoms with Crippen LogP contribution < -0.4 is 10.5 Å². The van der Waals surface area contributed by atoms with E-state index in [1.54, 1.807) is 25.3 Å². The van der Waals surface area contributed by atoms with Crippen LogP contribution in [0.4, 0.5) is 5.69 Å². The number of anilines is 1. The minimum absolute atomic E-state index is 0.0212. The number of rotatable bonds is 2. The van der Waals surface area contributed by atoms with E-state index in [0.717, 1.165) is 25.9 Å². The Balaban J connectivity index is 2.20. The molecule has 1 heterocycles. The largest absolute Gasteiger partial charge is 0.497 e. The lowest BCUT2D eigenvalue weighted by molar-refractivity contribution is 0.0584. The van der Waals surface area contributed by atoms with Gasteiger partial charge >= 0.3 is 0 Å². The van der Waals surface area contributed by atoms with Crippen molar-refractivity contribution in [2.45, 2.75) is 26.7 Å². The fourth-order valence-electron chi connectivity index (χ4n) is 2.63. The molecule has 1 aliphatic rings. The number of methoxy groups -OCH3 is 1. The van der Waals surface area contributed by atoms with Gasteiger partial charge in [-0.3, -0.25) is 4.79 Å². The number of benzene rings is 1. The van der Waals surface area contributed by atoms with Crippen molar-refractivity contribution in [2.24, 2.45) is 5.41 Å². The molecule has 0 atom stereocenters. The standard InChI is InChI=1S/C15H22N2O2/c1-15(2)7-4-8-17(10-15)14(18)12-6-5-11(19-3)9-13(12)16/h5-6,9H,4,7-8,10,16H2,1-3H3. The minimum Gasteiger partial charge on any atom is -0.497 e. The van der Waals surface area contributed by atoms with E-state index in [2.05, 4.69) is 13.8 Å². The molecule has 2 rings (SSSR count). The van der Waals surface area contributed by atoms with Crippen LogP contribution in [0, 0.1) is 5.41 Å². The Morgan fingerprint density at radius 3 is 2.74 bits per heavy atom. The Morgan fingerprint density at radius 2 is 2.16 bits per heavy atom. The molecule has 1 fully saturated rings. The maximum Gasteiger partial charge on any atom is 0.255 e. The number of ether oxygens (including phenoxy) is 1. The molecule has 1 amide bonds. The minimum atomic E-state index is 0.0212. The topological polar surface area (TPSA) is 55.6 Å². The van der Waals surface area contributed by atoms with Crippen LogP contribution in [0.5, 0.6) is 5.75 Å². The molecule has 1 aromatic rings. The van der Waals surface area contributed by atoms with Gasteiger partial charge in [-0.2, -0.15) is 0 Å². The fraction of sp³-hybridized carbons (Fsp3) is 0.533. The molecule has 2 N–H and O–H groups in total. The van der Waals surface area contributed by atoms with Crippen molar-refractivity contribution in [3.05, 3.63) is 23.8 Å². The zero-order valence-corrected chi connectivity index (χ0v) is 11.9. The van der Waals surface area contributed by atoms with Crippen molar-refractivity contribution in [3.63, 3.8) is 0 Å². The summed E-state index contributed by atoms with van der Waals surface area (Å²) in [5.74, 6) is 0.695. The molecule has 0 spiro atoms. The van der Waals surface area contributed by atoms with Crippen LogP contribution >= 0.6 is 0 Å². The molecule has 4 heteroatoms. The molecule has 0 aliphatic carbocycles. The first-order chi connectivity index (χ1) is 8.93. The predicted molar refractivity (Wildman–Crippen MR) is 76.3 cm³/mol. The molecule has 19 heavy (non-hydrogen) atoms. The van der Waals surface area contributed by atoms with Crippen LogP contribution in [0.1, 0.15) is 37.0 Å². The van der Waals surface area contributed by atoms with Crippen LogP contribution in [0.2, 0.25) is 0 Å². The van der Waals surface area contributed by atoms with Gasteiger partial charge in [0.25, 0.3) is 5.91 Å². The first kappa shape index (κ1) is 13.7. The molecular weight excluding hydrogens is 240 g/mol. The number of nitrogen functional groups attached to an aromatic ring is 1. The quantitative estimate of drug-likeness (QED) is 0.833. The summed E-state index contributed by atoms with van der Waals surface area (Å²) in [6, 6.07) is 5.22. The highest BCUT2D eigenvalue weighted by Crippen LogP contribution is 2.30. The Bertz CT molecular complexity index is 483. The summed E-state index contributed by atoms with van der Waals surface area (Å²) in [5, 5.41) is 0. The lowest BCUT2D eigenvalue weighted by Gasteiger charge is -2.38. The zero-order chi connectivity index (χ0) is 14.0. The summed E-state index contributed by atoms with van der Waals surface area (Å²) in [6.07, 6.45) is 2.21. The van der Waals surface area contributed by atoms with Crippen LogP contribution in [-0.2, 0) is 0 Å². The van der Waals surface area contributed by atoms with Crippen molar-refractivity contribution in [2.75, 3.05) is 25.9 Å². The number of likely N-dealkylation sites (tertiary alicyclic amines) is 1. The fourth-order valence-corrected chi connectivity index (χ4v) is 2.63. The molecule has 0 saturated carbocycles. The average molecular weight is 262 g/mol. The first-order valence-electron chi connectivity index (χ1n) is 6.66. The van der Waals surface area contributed by atoms with Crippen LogP contribution in [0.3, 0.4) is 0 Å². The highest BCUT2D eigenvalue weighted by Gasteiger charge is 2.30. The molecule has 104 valence electrons. The molecule has 4 nitrogen and oxygen atoms in total. The third-order valence-corrected chi connectivity index (χ3v) is 3.68. The van der Waals surface area contributed by atoms with E-state index in [1.807, 2.05) is 4.90 Å². The second-order valence-electron chi connectivity index (χ2n) is 5.95. The van der Waals surface area contributed by atoms with E-state index in [4.69, 9.17) is 10.5 Å². The molecule has 1 saturated heterocycles. The third kappa shape index (κ3) is 3.00. The van der Waals surface area contributed by atoms with Gasteiger partial charge < -0.3 is 15.4 Å². The normalized spacial score (nSPS) is 18.2. The summed E-state index contributed by atoms with van der Waals surface area (Å²) in [7, 11) is 1.59. The maximum atomic E-state index is 12.5. The SMILES string of the molecule is COc1ccc(C(=O)N2CCCC(C)(C)C2)c(N)c1. The van der Waals surface area contributed by atoms with Crippen molar-refractivity contribution in [1.82, 2.24) is 4.90 Å². The van der Waals surface area contributed by atoms with Gasteiger partial charge in [0.05, 0.1) is 12.7 Å². The van der Waals surface area contributed by atoms with E-state index in [9.17, 15) is 4.79 Å². The smallest absolute Gasteiger partial charge is 0.255 e. The van der Waals surface area contributed by atoms with Crippen molar-refractivity contribution >= 4 is 11.6 Å². The van der Waals surface area contributed by atoms with Gasteiger partial charge in [-0.25, -0.2) is 0 Å². The van der Waals surface area contributed by atoms with Gasteiger partial charge in [-0.1, -0.05) is 13.8 Å². The second kappa shape index (κ2) is 5.11. The summed E-state index contributed by atoms with van der Waals surface area (Å²) in [5.41, 5.74) is 7.18. The molecule has 0 aromatic heterocycles. The predicted octanol–water partition coefficient (Wildman–Crippen LogP) is 2.54. The number of hydrogen-bond donors (Lipinski definition) is 1. The monoisotopic (exact) mass is 262 g/mol. The van der Waals surface area contributed by atoms with E-state index in [1.165, 1.54) is 0 Å². The van der Waals surface area contributed by atoms with Gasteiger partial charge in [-0.15, -0.1) is 0 Å². The van der Waals surface area contributed by atoms with Gasteiger partial charge in [-0.05, 0) is 30.4 Å². The summed E-state index contributed by atoms with van der Waals surface area (Å²) in [6.45, 7) is 6.00. The Morgan fingerprint density at radius 1 is 1.42 bits per heavy atom. The lowest BCUT2D eigenvalue weighted by Crippen LogP contribution is -2.43. The number of nitrogens with two attached hydrogens (primary N) is 1. The van der Waals surface area contributed by atoms with Gasteiger partial charge in [0.1, 0.15) is 5.75 Å². The van der Waals surface area contributed by atoms with Crippen molar-refractivity contribution < 1.29 is 9.53 Å². The first-order valence-corrected chi connectivity index (χ1v) is 6.66. The van der Waals surface area contributed by atoms with Gasteiger partial charge in [0.2, 0.25) is 0 Å². The number of piperidine rings is 1. The third-order valence-electron chi connectivity index (χ3n) is 3.68. The second-order valence-corrected chi connectivity index (χ2v) is 5.95. The lowest BCUT2D eigenvalue weighted by atomic mass is 9.84. The van der Waals surface area contributed by atoms with Crippen LogP contribution in [-0.4, -0.2) is 31.0 Å². The Hall–Kier alpha value is -1.71. The van der Waals surface area contributed by atoms with E-state index < -0.39 is 0 Å². The number of carbonyl (C=O) groups excluding carboxylic acids is 1. The summed E-state index contributed by atoms with van der Waals surface area (Å²) >= 11 is 0. The maximum absolute atomic E-state index is 12.5. The number of amides is 1. The highest BCUT2D eigenvalue weighted by atomic mass is 16.5. The molecule has 0 bridgehead atoms. The Labute approximate surface area is 114 Å². The number of nitrogens with zero attached hydrogens (tertiary/aromatic N) is 1. The molecule has 0 radical (unpaired) electrons. The zero-order valence-electron chi connectivity index (χ0n) is 11.9. The number of carbonyl (C=O) groups is 1. The van der Waals surface area contributed by atoms with E-state index in [-0.39, 0.29) is 11.3 Å². The van der Waals surface area contributed by atoms with Crippen LogP contribution in [0.25, 0.3) is 0 Å². The molecule has 1 aliphatic heterocycles. The van der Waals surface area contributed by atoms with E-state index >= 15 is 0 Å². The van der Waals surface area contributed by atoms with Gasteiger partial charge in [0.15, 0.2) is 0 Å². The highest BCUT2D eigenvalue weighted by molar-refractivity contribution is 5.99. The average Bonchev–Trinajstić information content (AvgIpc) is 2.36.